The highest BCUT2D eigenvalue weighted by Crippen LogP contribution is 2.32. The molecule has 0 amide bonds. The Balaban J connectivity index is 3.07. The SMILES string of the molecule is ClCc1c(Cl)csc1Br. The van der Waals surface area contributed by atoms with Crippen LogP contribution in [-0.2, 0) is 5.88 Å². The topological polar surface area (TPSA) is 0 Å². The van der Waals surface area contributed by atoms with Crippen molar-refractivity contribution in [1.82, 2.24) is 0 Å². The van der Waals surface area contributed by atoms with Crippen LogP contribution in [-0.4, -0.2) is 0 Å². The molecule has 0 saturated heterocycles. The monoisotopic (exact) mass is 244 g/mol. The van der Waals surface area contributed by atoms with Crippen LogP contribution >= 0.6 is 50.5 Å². The Kier molecular flexibility index (Phi) is 2.83. The average Bonchev–Trinajstić information content (AvgIpc) is 2.12. The molecule has 0 aliphatic carbocycles. The molecule has 1 heterocycles. The van der Waals surface area contributed by atoms with Crippen LogP contribution in [0.15, 0.2) is 9.17 Å². The van der Waals surface area contributed by atoms with Crippen molar-refractivity contribution in [2.24, 2.45) is 0 Å². The van der Waals surface area contributed by atoms with Crippen LogP contribution in [0.2, 0.25) is 5.02 Å². The molecule has 0 nitrogen and oxygen atoms in total. The molecule has 0 atom stereocenters. The molecule has 1 rings (SSSR count). The Morgan fingerprint density at radius 2 is 2.33 bits per heavy atom. The predicted molar refractivity (Wildman–Crippen MR) is 46.6 cm³/mol. The summed E-state index contributed by atoms with van der Waals surface area (Å²) in [6, 6.07) is 0. The number of hydrogen-bond donors (Lipinski definition) is 0. The highest BCUT2D eigenvalue weighted by Gasteiger charge is 2.04. The van der Waals surface area contributed by atoms with Gasteiger partial charge >= 0.3 is 0 Å². The smallest absolute Gasteiger partial charge is 0.0757 e. The van der Waals surface area contributed by atoms with Gasteiger partial charge < -0.3 is 0 Å². The van der Waals surface area contributed by atoms with Crippen molar-refractivity contribution in [3.63, 3.8) is 0 Å². The second-order valence-corrected chi connectivity index (χ2v) is 4.34. The van der Waals surface area contributed by atoms with E-state index in [9.17, 15) is 0 Å². The maximum absolute atomic E-state index is 5.74. The Morgan fingerprint density at radius 3 is 2.56 bits per heavy atom. The molecule has 0 N–H and O–H groups in total. The van der Waals surface area contributed by atoms with Gasteiger partial charge in [0.15, 0.2) is 0 Å². The molecule has 0 aliphatic heterocycles. The molecular weight excluding hydrogens is 243 g/mol. The average molecular weight is 246 g/mol. The summed E-state index contributed by atoms with van der Waals surface area (Å²) >= 11 is 16.2. The molecule has 0 aliphatic rings. The summed E-state index contributed by atoms with van der Waals surface area (Å²) in [7, 11) is 0. The fourth-order valence-electron chi connectivity index (χ4n) is 0.456. The Morgan fingerprint density at radius 1 is 1.67 bits per heavy atom. The van der Waals surface area contributed by atoms with Gasteiger partial charge in [0, 0.05) is 10.9 Å². The van der Waals surface area contributed by atoms with Gasteiger partial charge in [0.25, 0.3) is 0 Å². The largest absolute Gasteiger partial charge is 0.135 e. The minimum absolute atomic E-state index is 0.475. The number of hydrogen-bond acceptors (Lipinski definition) is 1. The maximum Gasteiger partial charge on any atom is 0.0757 e. The van der Waals surface area contributed by atoms with E-state index in [1.54, 1.807) is 11.3 Å². The van der Waals surface area contributed by atoms with Gasteiger partial charge in [-0.3, -0.25) is 0 Å². The minimum atomic E-state index is 0.475. The lowest BCUT2D eigenvalue weighted by Gasteiger charge is -1.88. The van der Waals surface area contributed by atoms with Crippen LogP contribution in [0.4, 0.5) is 0 Å². The normalized spacial score (nSPS) is 10.1. The zero-order valence-corrected chi connectivity index (χ0v) is 8.24. The van der Waals surface area contributed by atoms with Crippen molar-refractivity contribution in [3.05, 3.63) is 19.8 Å². The van der Waals surface area contributed by atoms with Crippen LogP contribution < -0.4 is 0 Å². The van der Waals surface area contributed by atoms with Crippen molar-refractivity contribution in [2.75, 3.05) is 0 Å². The summed E-state index contributed by atoms with van der Waals surface area (Å²) in [6.45, 7) is 0. The van der Waals surface area contributed by atoms with E-state index in [0.717, 1.165) is 14.4 Å². The summed E-state index contributed by atoms with van der Waals surface area (Å²) in [5, 5.41) is 2.62. The summed E-state index contributed by atoms with van der Waals surface area (Å²) in [5.74, 6) is 0.475. The fraction of sp³-hybridized carbons (Fsp3) is 0.200. The summed E-state index contributed by atoms with van der Waals surface area (Å²) in [6.07, 6.45) is 0. The molecular formula is C5H3BrCl2S. The second kappa shape index (κ2) is 3.24. The molecule has 4 heteroatoms. The van der Waals surface area contributed by atoms with Gasteiger partial charge in [0.2, 0.25) is 0 Å². The van der Waals surface area contributed by atoms with Gasteiger partial charge in [-0.25, -0.2) is 0 Å². The molecule has 50 valence electrons. The first-order chi connectivity index (χ1) is 4.25. The van der Waals surface area contributed by atoms with Gasteiger partial charge in [-0.05, 0) is 15.9 Å². The minimum Gasteiger partial charge on any atom is -0.135 e. The third-order valence-corrected chi connectivity index (χ3v) is 3.51. The fourth-order valence-corrected chi connectivity index (χ4v) is 2.82. The lowest BCUT2D eigenvalue weighted by atomic mass is 10.4. The van der Waals surface area contributed by atoms with E-state index in [2.05, 4.69) is 15.9 Å². The lowest BCUT2D eigenvalue weighted by Crippen LogP contribution is -1.71. The highest BCUT2D eigenvalue weighted by atomic mass is 79.9. The molecule has 0 radical (unpaired) electrons. The number of rotatable bonds is 1. The van der Waals surface area contributed by atoms with E-state index >= 15 is 0 Å². The van der Waals surface area contributed by atoms with Crippen LogP contribution in [0, 0.1) is 0 Å². The summed E-state index contributed by atoms with van der Waals surface area (Å²) < 4.78 is 1.03. The predicted octanol–water partition coefficient (Wildman–Crippen LogP) is 3.90. The molecule has 0 aromatic carbocycles. The van der Waals surface area contributed by atoms with Crippen molar-refractivity contribution >= 4 is 50.5 Å². The molecule has 1 aromatic rings. The third kappa shape index (κ3) is 1.61. The molecule has 1 aromatic heterocycles. The number of alkyl halides is 1. The quantitative estimate of drug-likeness (QED) is 0.659. The Bertz CT molecular complexity index is 189. The second-order valence-electron chi connectivity index (χ2n) is 1.47. The van der Waals surface area contributed by atoms with Gasteiger partial charge in [0.1, 0.15) is 0 Å². The van der Waals surface area contributed by atoms with Crippen molar-refractivity contribution in [1.29, 1.82) is 0 Å². The molecule has 0 saturated carbocycles. The van der Waals surface area contributed by atoms with Crippen LogP contribution in [0.25, 0.3) is 0 Å². The number of halogens is 3. The number of thiophene rings is 1. The van der Waals surface area contributed by atoms with Crippen LogP contribution in [0.1, 0.15) is 5.56 Å². The van der Waals surface area contributed by atoms with E-state index in [1.807, 2.05) is 5.38 Å². The van der Waals surface area contributed by atoms with Crippen LogP contribution in [0.3, 0.4) is 0 Å². The van der Waals surface area contributed by atoms with E-state index in [4.69, 9.17) is 23.2 Å². The van der Waals surface area contributed by atoms with Gasteiger partial charge in [0.05, 0.1) is 14.7 Å². The lowest BCUT2D eigenvalue weighted by molar-refractivity contribution is 1.44. The molecule has 0 fully saturated rings. The van der Waals surface area contributed by atoms with Gasteiger partial charge in [-0.1, -0.05) is 11.6 Å². The van der Waals surface area contributed by atoms with Crippen LogP contribution in [0.5, 0.6) is 0 Å². The zero-order valence-electron chi connectivity index (χ0n) is 4.33. The maximum atomic E-state index is 5.74. The third-order valence-electron chi connectivity index (χ3n) is 0.925. The molecule has 0 bridgehead atoms. The molecule has 0 spiro atoms. The van der Waals surface area contributed by atoms with Crippen molar-refractivity contribution in [3.8, 4) is 0 Å². The Hall–Kier alpha value is 0.760. The zero-order chi connectivity index (χ0) is 6.85. The molecule has 0 unspecified atom stereocenters. The van der Waals surface area contributed by atoms with Crippen molar-refractivity contribution in [2.45, 2.75) is 5.88 Å². The van der Waals surface area contributed by atoms with E-state index < -0.39 is 0 Å². The summed E-state index contributed by atoms with van der Waals surface area (Å²) in [5.41, 5.74) is 0.989. The van der Waals surface area contributed by atoms with E-state index in [1.165, 1.54) is 0 Å². The van der Waals surface area contributed by atoms with E-state index in [0.29, 0.717) is 5.88 Å². The Labute approximate surface area is 75.9 Å². The standard InChI is InChI=1S/C5H3BrCl2S/c6-5-3(1-7)4(8)2-9-5/h2H,1H2. The first kappa shape index (κ1) is 7.86. The van der Waals surface area contributed by atoms with Gasteiger partial charge in [-0.2, -0.15) is 0 Å². The van der Waals surface area contributed by atoms with Gasteiger partial charge in [-0.15, -0.1) is 22.9 Å². The van der Waals surface area contributed by atoms with Crippen molar-refractivity contribution < 1.29 is 0 Å². The first-order valence-corrected chi connectivity index (χ1v) is 4.81. The van der Waals surface area contributed by atoms with E-state index in [-0.39, 0.29) is 0 Å². The molecule has 9 heavy (non-hydrogen) atoms. The first-order valence-electron chi connectivity index (χ1n) is 2.23. The summed E-state index contributed by atoms with van der Waals surface area (Å²) in [4.78, 5) is 0. The highest BCUT2D eigenvalue weighted by molar-refractivity contribution is 9.11.